The van der Waals surface area contributed by atoms with Crippen LogP contribution in [-0.4, -0.2) is 31.1 Å². The minimum atomic E-state index is -0.230. The third-order valence-electron chi connectivity index (χ3n) is 3.18. The second kappa shape index (κ2) is 5.27. The van der Waals surface area contributed by atoms with E-state index in [0.717, 1.165) is 24.9 Å². The molecule has 1 aromatic carbocycles. The van der Waals surface area contributed by atoms with Gasteiger partial charge in [0.1, 0.15) is 5.82 Å². The van der Waals surface area contributed by atoms with Crippen LogP contribution in [0.25, 0.3) is 0 Å². The minimum Gasteiger partial charge on any atom is -0.468 e. The first-order valence-electron chi connectivity index (χ1n) is 5.77. The van der Waals surface area contributed by atoms with E-state index in [0.29, 0.717) is 6.54 Å². The highest BCUT2D eigenvalue weighted by Crippen LogP contribution is 2.31. The van der Waals surface area contributed by atoms with E-state index in [2.05, 4.69) is 9.64 Å². The van der Waals surface area contributed by atoms with Crippen LogP contribution in [0.1, 0.15) is 24.4 Å². The zero-order chi connectivity index (χ0) is 12.3. The lowest BCUT2D eigenvalue weighted by atomic mass is 10.0. The van der Waals surface area contributed by atoms with Crippen LogP contribution in [0, 0.1) is 5.82 Å². The van der Waals surface area contributed by atoms with Gasteiger partial charge in [-0.3, -0.25) is 9.69 Å². The smallest absolute Gasteiger partial charge is 0.319 e. The van der Waals surface area contributed by atoms with Crippen LogP contribution in [0.4, 0.5) is 4.39 Å². The Morgan fingerprint density at radius 3 is 2.82 bits per heavy atom. The monoisotopic (exact) mass is 237 g/mol. The molecule has 0 saturated carbocycles. The van der Waals surface area contributed by atoms with Gasteiger partial charge in [0.2, 0.25) is 0 Å². The van der Waals surface area contributed by atoms with Crippen molar-refractivity contribution in [1.82, 2.24) is 4.90 Å². The van der Waals surface area contributed by atoms with Crippen molar-refractivity contribution in [2.75, 3.05) is 20.2 Å². The SMILES string of the molecule is COC(=O)CN1CCCC1c1ccc(F)cc1. The second-order valence-corrected chi connectivity index (χ2v) is 4.26. The van der Waals surface area contributed by atoms with Crippen LogP contribution in [-0.2, 0) is 9.53 Å². The number of hydrogen-bond acceptors (Lipinski definition) is 3. The molecule has 0 amide bonds. The first-order valence-corrected chi connectivity index (χ1v) is 5.77. The summed E-state index contributed by atoms with van der Waals surface area (Å²) in [6, 6.07) is 6.70. The number of benzene rings is 1. The van der Waals surface area contributed by atoms with Crippen LogP contribution in [0.15, 0.2) is 24.3 Å². The summed E-state index contributed by atoms with van der Waals surface area (Å²) in [4.78, 5) is 13.4. The fourth-order valence-corrected chi connectivity index (χ4v) is 2.31. The van der Waals surface area contributed by atoms with Crippen molar-refractivity contribution in [1.29, 1.82) is 0 Å². The van der Waals surface area contributed by atoms with Gasteiger partial charge in [-0.25, -0.2) is 4.39 Å². The van der Waals surface area contributed by atoms with Gasteiger partial charge < -0.3 is 4.74 Å². The van der Waals surface area contributed by atoms with Gasteiger partial charge in [-0.15, -0.1) is 0 Å². The molecule has 3 nitrogen and oxygen atoms in total. The summed E-state index contributed by atoms with van der Waals surface area (Å²) in [7, 11) is 1.39. The molecule has 0 radical (unpaired) electrons. The minimum absolute atomic E-state index is 0.203. The van der Waals surface area contributed by atoms with E-state index in [4.69, 9.17) is 0 Å². The lowest BCUT2D eigenvalue weighted by Crippen LogP contribution is -2.30. The van der Waals surface area contributed by atoms with Gasteiger partial charge in [0.25, 0.3) is 0 Å². The maximum atomic E-state index is 12.8. The number of carbonyl (C=O) groups excluding carboxylic acids is 1. The van der Waals surface area contributed by atoms with Crippen LogP contribution in [0.2, 0.25) is 0 Å². The third kappa shape index (κ3) is 2.82. The Bertz CT molecular complexity index is 391. The van der Waals surface area contributed by atoms with Crippen molar-refractivity contribution in [2.24, 2.45) is 0 Å². The van der Waals surface area contributed by atoms with E-state index < -0.39 is 0 Å². The lowest BCUT2D eigenvalue weighted by Gasteiger charge is -2.23. The maximum Gasteiger partial charge on any atom is 0.319 e. The number of hydrogen-bond donors (Lipinski definition) is 0. The molecule has 92 valence electrons. The average Bonchev–Trinajstić information content (AvgIpc) is 2.78. The zero-order valence-electron chi connectivity index (χ0n) is 9.86. The standard InChI is InChI=1S/C13H16FNO2/c1-17-13(16)9-15-8-2-3-12(15)10-4-6-11(14)7-5-10/h4-7,12H,2-3,8-9H2,1H3. The molecule has 1 unspecified atom stereocenters. The molecule has 0 bridgehead atoms. The number of nitrogens with zero attached hydrogens (tertiary/aromatic N) is 1. The molecular weight excluding hydrogens is 221 g/mol. The zero-order valence-corrected chi connectivity index (χ0v) is 9.86. The van der Waals surface area contributed by atoms with E-state index in [9.17, 15) is 9.18 Å². The molecule has 1 saturated heterocycles. The number of halogens is 1. The molecule has 2 rings (SSSR count). The normalized spacial score (nSPS) is 20.5. The van der Waals surface area contributed by atoms with Crippen molar-refractivity contribution in [2.45, 2.75) is 18.9 Å². The molecule has 0 aliphatic carbocycles. The summed E-state index contributed by atoms with van der Waals surface area (Å²) in [5.74, 6) is -0.453. The first kappa shape index (κ1) is 12.0. The van der Waals surface area contributed by atoms with Crippen molar-refractivity contribution < 1.29 is 13.9 Å². The summed E-state index contributed by atoms with van der Waals surface area (Å²) in [5.41, 5.74) is 1.06. The fraction of sp³-hybridized carbons (Fsp3) is 0.462. The molecule has 1 fully saturated rings. The predicted octanol–water partition coefficient (Wildman–Crippen LogP) is 2.14. The lowest BCUT2D eigenvalue weighted by molar-refractivity contribution is -0.142. The number of methoxy groups -OCH3 is 1. The van der Waals surface area contributed by atoms with Gasteiger partial charge in [-0.1, -0.05) is 12.1 Å². The Hall–Kier alpha value is -1.42. The third-order valence-corrected chi connectivity index (χ3v) is 3.18. The first-order chi connectivity index (χ1) is 8.20. The Morgan fingerprint density at radius 1 is 1.47 bits per heavy atom. The number of likely N-dealkylation sites (tertiary alicyclic amines) is 1. The molecule has 17 heavy (non-hydrogen) atoms. The fourth-order valence-electron chi connectivity index (χ4n) is 2.31. The Kier molecular flexibility index (Phi) is 3.74. The quantitative estimate of drug-likeness (QED) is 0.754. The molecule has 1 aliphatic rings. The van der Waals surface area contributed by atoms with Crippen LogP contribution < -0.4 is 0 Å². The predicted molar refractivity (Wildman–Crippen MR) is 62.0 cm³/mol. The van der Waals surface area contributed by atoms with Gasteiger partial charge in [0.15, 0.2) is 0 Å². The van der Waals surface area contributed by atoms with Crippen LogP contribution in [0.3, 0.4) is 0 Å². The highest BCUT2D eigenvalue weighted by atomic mass is 19.1. The molecule has 0 N–H and O–H groups in total. The molecule has 1 aromatic rings. The van der Waals surface area contributed by atoms with E-state index in [-0.39, 0.29) is 17.8 Å². The highest BCUT2D eigenvalue weighted by molar-refractivity contribution is 5.71. The van der Waals surface area contributed by atoms with Gasteiger partial charge >= 0.3 is 5.97 Å². The Labute approximate surface area is 100 Å². The van der Waals surface area contributed by atoms with Gasteiger partial charge in [0.05, 0.1) is 13.7 Å². The average molecular weight is 237 g/mol. The summed E-state index contributed by atoms with van der Waals surface area (Å²) in [6.45, 7) is 1.19. The topological polar surface area (TPSA) is 29.5 Å². The van der Waals surface area contributed by atoms with Gasteiger partial charge in [0, 0.05) is 6.04 Å². The molecule has 0 spiro atoms. The molecule has 4 heteroatoms. The summed E-state index contributed by atoms with van der Waals surface area (Å²) < 4.78 is 17.5. The molecule has 1 heterocycles. The second-order valence-electron chi connectivity index (χ2n) is 4.26. The largest absolute Gasteiger partial charge is 0.468 e. The number of rotatable bonds is 3. The van der Waals surface area contributed by atoms with Crippen molar-refractivity contribution in [3.8, 4) is 0 Å². The Balaban J connectivity index is 2.08. The van der Waals surface area contributed by atoms with E-state index in [1.807, 2.05) is 0 Å². The van der Waals surface area contributed by atoms with Crippen molar-refractivity contribution in [3.05, 3.63) is 35.6 Å². The maximum absolute atomic E-state index is 12.8. The van der Waals surface area contributed by atoms with E-state index in [1.54, 1.807) is 12.1 Å². The van der Waals surface area contributed by atoms with Crippen molar-refractivity contribution in [3.63, 3.8) is 0 Å². The summed E-state index contributed by atoms with van der Waals surface area (Å²) >= 11 is 0. The van der Waals surface area contributed by atoms with Gasteiger partial charge in [-0.2, -0.15) is 0 Å². The van der Waals surface area contributed by atoms with E-state index >= 15 is 0 Å². The van der Waals surface area contributed by atoms with Crippen LogP contribution >= 0.6 is 0 Å². The molecule has 0 aromatic heterocycles. The van der Waals surface area contributed by atoms with E-state index in [1.165, 1.54) is 19.2 Å². The molecular formula is C13H16FNO2. The number of ether oxygens (including phenoxy) is 1. The molecule has 1 atom stereocenters. The number of carbonyl (C=O) groups is 1. The van der Waals surface area contributed by atoms with Crippen molar-refractivity contribution >= 4 is 5.97 Å². The molecule has 1 aliphatic heterocycles. The van der Waals surface area contributed by atoms with Gasteiger partial charge in [-0.05, 0) is 37.1 Å². The Morgan fingerprint density at radius 2 is 2.18 bits per heavy atom. The summed E-state index contributed by atoms with van der Waals surface area (Å²) in [6.07, 6.45) is 2.06. The number of esters is 1. The van der Waals surface area contributed by atoms with Crippen LogP contribution in [0.5, 0.6) is 0 Å². The highest BCUT2D eigenvalue weighted by Gasteiger charge is 2.27. The summed E-state index contributed by atoms with van der Waals surface area (Å²) in [5, 5.41) is 0.